The van der Waals surface area contributed by atoms with E-state index >= 15 is 0 Å². The molecule has 1 aromatic carbocycles. The number of likely N-dealkylation sites (N-methyl/N-ethyl adjacent to an activating group) is 1. The maximum Gasteiger partial charge on any atom is 0.246 e. The average Bonchev–Trinajstić information content (AvgIpc) is 2.90. The smallest absolute Gasteiger partial charge is 0.246 e. The molecule has 0 atom stereocenters. The molecule has 1 amide bonds. The molecule has 22 heavy (non-hydrogen) atoms. The molecule has 116 valence electrons. The summed E-state index contributed by atoms with van der Waals surface area (Å²) in [6, 6.07) is 7.43. The van der Waals surface area contributed by atoms with Crippen LogP contribution < -0.4 is 4.74 Å². The minimum absolute atomic E-state index is 0.0603. The van der Waals surface area contributed by atoms with E-state index in [2.05, 4.69) is 0 Å². The number of rotatable bonds is 5. The van der Waals surface area contributed by atoms with Crippen molar-refractivity contribution >= 4 is 34.9 Å². The first-order valence-corrected chi connectivity index (χ1v) is 8.06. The summed E-state index contributed by atoms with van der Waals surface area (Å²) in [7, 11) is 3.36. The van der Waals surface area contributed by atoms with E-state index < -0.39 is 0 Å². The van der Waals surface area contributed by atoms with Gasteiger partial charge in [0.25, 0.3) is 0 Å². The van der Waals surface area contributed by atoms with E-state index in [9.17, 15) is 4.79 Å². The molecular formula is C17H18ClNO2S. The Morgan fingerprint density at radius 1 is 1.41 bits per heavy atom. The van der Waals surface area contributed by atoms with Crippen molar-refractivity contribution in [3.05, 3.63) is 56.7 Å². The molecule has 1 aromatic heterocycles. The number of carbonyl (C=O) groups excluding carboxylic acids is 1. The Labute approximate surface area is 139 Å². The monoisotopic (exact) mass is 335 g/mol. The van der Waals surface area contributed by atoms with Crippen LogP contribution in [0.5, 0.6) is 5.75 Å². The number of methoxy groups -OCH3 is 1. The number of aryl methyl sites for hydroxylation is 1. The number of amides is 1. The highest BCUT2D eigenvalue weighted by molar-refractivity contribution is 7.11. The minimum Gasteiger partial charge on any atom is -0.496 e. The number of benzene rings is 1. The van der Waals surface area contributed by atoms with Gasteiger partial charge in [0.05, 0.1) is 7.11 Å². The molecule has 0 bridgehead atoms. The number of ether oxygens (including phenoxy) is 1. The summed E-state index contributed by atoms with van der Waals surface area (Å²) in [5.41, 5.74) is 2.06. The van der Waals surface area contributed by atoms with E-state index in [-0.39, 0.29) is 5.91 Å². The molecule has 1 heterocycles. The summed E-state index contributed by atoms with van der Waals surface area (Å²) < 4.78 is 5.30. The van der Waals surface area contributed by atoms with Crippen molar-refractivity contribution in [2.75, 3.05) is 14.2 Å². The Hall–Kier alpha value is -1.78. The molecule has 3 nitrogen and oxygen atoms in total. The molecule has 0 aliphatic heterocycles. The van der Waals surface area contributed by atoms with Gasteiger partial charge in [0.2, 0.25) is 5.91 Å². The zero-order valence-corrected chi connectivity index (χ0v) is 14.4. The first-order chi connectivity index (χ1) is 10.5. The molecule has 0 aliphatic carbocycles. The van der Waals surface area contributed by atoms with Crippen LogP contribution in [0.1, 0.15) is 16.0 Å². The molecule has 0 unspecified atom stereocenters. The standard InChI is InChI=1S/C17H18ClNO2S/c1-12-8-9-22-16(12)6-7-17(20)19(2)11-13-10-14(18)4-5-15(13)21-3/h4-10H,11H2,1-3H3/b7-6+. The summed E-state index contributed by atoms with van der Waals surface area (Å²) >= 11 is 7.63. The summed E-state index contributed by atoms with van der Waals surface area (Å²) in [6.07, 6.45) is 3.45. The lowest BCUT2D eigenvalue weighted by Gasteiger charge is -2.17. The van der Waals surface area contributed by atoms with Crippen molar-refractivity contribution in [2.45, 2.75) is 13.5 Å². The highest BCUT2D eigenvalue weighted by Crippen LogP contribution is 2.24. The van der Waals surface area contributed by atoms with Crippen LogP contribution >= 0.6 is 22.9 Å². The summed E-state index contributed by atoms with van der Waals surface area (Å²) in [6.45, 7) is 2.47. The van der Waals surface area contributed by atoms with Gasteiger partial charge in [0.1, 0.15) is 5.75 Å². The molecule has 2 rings (SSSR count). The van der Waals surface area contributed by atoms with E-state index in [0.717, 1.165) is 16.2 Å². The molecule has 0 radical (unpaired) electrons. The molecular weight excluding hydrogens is 318 g/mol. The third kappa shape index (κ3) is 4.12. The molecule has 0 aliphatic rings. The Kier molecular flexibility index (Phi) is 5.63. The van der Waals surface area contributed by atoms with Crippen LogP contribution in [0.2, 0.25) is 5.02 Å². The third-order valence-corrected chi connectivity index (χ3v) is 4.52. The summed E-state index contributed by atoms with van der Waals surface area (Å²) in [4.78, 5) is 14.9. The largest absolute Gasteiger partial charge is 0.496 e. The Bertz CT molecular complexity index is 694. The van der Waals surface area contributed by atoms with Gasteiger partial charge in [-0.15, -0.1) is 11.3 Å². The van der Waals surface area contributed by atoms with Gasteiger partial charge in [-0.2, -0.15) is 0 Å². The van der Waals surface area contributed by atoms with Crippen LogP contribution in [0.3, 0.4) is 0 Å². The van der Waals surface area contributed by atoms with Crippen LogP contribution in [0.15, 0.2) is 35.7 Å². The van der Waals surface area contributed by atoms with Gasteiger partial charge in [0, 0.05) is 35.1 Å². The van der Waals surface area contributed by atoms with Crippen molar-refractivity contribution in [2.24, 2.45) is 0 Å². The van der Waals surface area contributed by atoms with Crippen molar-refractivity contribution in [1.82, 2.24) is 4.90 Å². The number of hydrogen-bond donors (Lipinski definition) is 0. The van der Waals surface area contributed by atoms with Crippen molar-refractivity contribution in [3.8, 4) is 5.75 Å². The Morgan fingerprint density at radius 3 is 2.82 bits per heavy atom. The topological polar surface area (TPSA) is 29.5 Å². The van der Waals surface area contributed by atoms with Crippen LogP contribution in [-0.2, 0) is 11.3 Å². The highest BCUT2D eigenvalue weighted by Gasteiger charge is 2.10. The summed E-state index contributed by atoms with van der Waals surface area (Å²) in [5, 5.41) is 2.64. The molecule has 0 fully saturated rings. The maximum atomic E-state index is 12.2. The number of hydrogen-bond acceptors (Lipinski definition) is 3. The average molecular weight is 336 g/mol. The van der Waals surface area contributed by atoms with Gasteiger partial charge in [-0.3, -0.25) is 4.79 Å². The van der Waals surface area contributed by atoms with Gasteiger partial charge >= 0.3 is 0 Å². The third-order valence-electron chi connectivity index (χ3n) is 3.31. The maximum absolute atomic E-state index is 12.2. The molecule has 0 saturated carbocycles. The fraction of sp³-hybridized carbons (Fsp3) is 0.235. The second-order valence-corrected chi connectivity index (χ2v) is 6.34. The number of carbonyl (C=O) groups is 1. The van der Waals surface area contributed by atoms with Gasteiger partial charge in [-0.1, -0.05) is 11.6 Å². The molecule has 5 heteroatoms. The number of halogens is 1. The fourth-order valence-electron chi connectivity index (χ4n) is 2.03. The molecule has 2 aromatic rings. The van der Waals surface area contributed by atoms with Gasteiger partial charge < -0.3 is 9.64 Å². The van der Waals surface area contributed by atoms with Crippen molar-refractivity contribution < 1.29 is 9.53 Å². The van der Waals surface area contributed by atoms with E-state index in [4.69, 9.17) is 16.3 Å². The van der Waals surface area contributed by atoms with Crippen LogP contribution in [0, 0.1) is 6.92 Å². The normalized spacial score (nSPS) is 10.9. The quantitative estimate of drug-likeness (QED) is 0.758. The fourth-order valence-corrected chi connectivity index (χ4v) is 3.05. The predicted octanol–water partition coefficient (Wildman–Crippen LogP) is 4.39. The SMILES string of the molecule is COc1ccc(Cl)cc1CN(C)C(=O)/C=C/c1sccc1C. The second-order valence-electron chi connectivity index (χ2n) is 4.95. The zero-order chi connectivity index (χ0) is 16.1. The first kappa shape index (κ1) is 16.6. The molecule has 0 N–H and O–H groups in total. The summed E-state index contributed by atoms with van der Waals surface area (Å²) in [5.74, 6) is 0.664. The van der Waals surface area contributed by atoms with E-state index in [0.29, 0.717) is 11.6 Å². The molecule has 0 saturated heterocycles. The van der Waals surface area contributed by atoms with E-state index in [1.165, 1.54) is 5.56 Å². The van der Waals surface area contributed by atoms with Crippen LogP contribution in [0.4, 0.5) is 0 Å². The number of nitrogens with zero attached hydrogens (tertiary/aromatic N) is 1. The van der Waals surface area contributed by atoms with Gasteiger partial charge in [-0.25, -0.2) is 0 Å². The van der Waals surface area contributed by atoms with Crippen LogP contribution in [-0.4, -0.2) is 25.0 Å². The van der Waals surface area contributed by atoms with Gasteiger partial charge in [-0.05, 0) is 48.2 Å². The first-order valence-electron chi connectivity index (χ1n) is 6.81. The van der Waals surface area contributed by atoms with Crippen molar-refractivity contribution in [3.63, 3.8) is 0 Å². The lowest BCUT2D eigenvalue weighted by atomic mass is 10.2. The molecule has 0 spiro atoms. The van der Waals surface area contributed by atoms with E-state index in [1.807, 2.05) is 30.5 Å². The predicted molar refractivity (Wildman–Crippen MR) is 92.6 cm³/mol. The Balaban J connectivity index is 2.07. The second kappa shape index (κ2) is 7.47. The van der Waals surface area contributed by atoms with Gasteiger partial charge in [0.15, 0.2) is 0 Å². The minimum atomic E-state index is -0.0603. The number of thiophene rings is 1. The zero-order valence-electron chi connectivity index (χ0n) is 12.8. The highest BCUT2D eigenvalue weighted by atomic mass is 35.5. The lowest BCUT2D eigenvalue weighted by molar-refractivity contribution is -0.125. The Morgan fingerprint density at radius 2 is 2.18 bits per heavy atom. The lowest BCUT2D eigenvalue weighted by Crippen LogP contribution is -2.24. The van der Waals surface area contributed by atoms with Crippen molar-refractivity contribution in [1.29, 1.82) is 0 Å². The van der Waals surface area contributed by atoms with E-state index in [1.54, 1.807) is 48.6 Å². The van der Waals surface area contributed by atoms with Crippen LogP contribution in [0.25, 0.3) is 6.08 Å².